The maximum absolute atomic E-state index is 11.9. The number of nitrogens with one attached hydrogen (secondary N) is 2. The molecule has 2 aromatic rings. The van der Waals surface area contributed by atoms with E-state index in [9.17, 15) is 23.3 Å². The number of ether oxygens (including phenoxy) is 1. The predicted octanol–water partition coefficient (Wildman–Crippen LogP) is 2.22. The van der Waals surface area contributed by atoms with E-state index < -0.39 is 14.8 Å². The Hall–Kier alpha value is -3.14. The summed E-state index contributed by atoms with van der Waals surface area (Å²) in [6.45, 7) is 4.10. The highest BCUT2D eigenvalue weighted by molar-refractivity contribution is 7.90. The lowest BCUT2D eigenvalue weighted by Gasteiger charge is -2.11. The second-order valence-corrected chi connectivity index (χ2v) is 8.56. The van der Waals surface area contributed by atoms with Crippen LogP contribution in [0.1, 0.15) is 11.1 Å². The number of benzene rings is 2. The van der Waals surface area contributed by atoms with Crippen molar-refractivity contribution in [2.75, 3.05) is 31.3 Å². The molecule has 0 aliphatic carbocycles. The van der Waals surface area contributed by atoms with Crippen molar-refractivity contribution >= 4 is 27.1 Å². The van der Waals surface area contributed by atoms with Crippen LogP contribution in [0.25, 0.3) is 0 Å². The highest BCUT2D eigenvalue weighted by Gasteiger charge is 2.18. The third-order valence-electron chi connectivity index (χ3n) is 4.06. The zero-order valence-corrected chi connectivity index (χ0v) is 17.2. The maximum atomic E-state index is 11.9. The van der Waals surface area contributed by atoms with E-state index >= 15 is 0 Å². The van der Waals surface area contributed by atoms with Gasteiger partial charge in [0, 0.05) is 25.4 Å². The van der Waals surface area contributed by atoms with Crippen molar-refractivity contribution in [3.8, 4) is 5.75 Å². The summed E-state index contributed by atoms with van der Waals surface area (Å²) in [4.78, 5) is 22.3. The van der Waals surface area contributed by atoms with E-state index in [0.29, 0.717) is 5.75 Å². The van der Waals surface area contributed by atoms with E-state index in [1.54, 1.807) is 0 Å². The second-order valence-electron chi connectivity index (χ2n) is 6.54. The summed E-state index contributed by atoms with van der Waals surface area (Å²) in [5.74, 6) is 0.314. The molecule has 0 aromatic heterocycles. The Morgan fingerprint density at radius 2 is 1.86 bits per heavy atom. The zero-order valence-electron chi connectivity index (χ0n) is 16.4. The van der Waals surface area contributed by atoms with Crippen LogP contribution >= 0.6 is 0 Å². The molecule has 0 heterocycles. The Labute approximate surface area is 169 Å². The van der Waals surface area contributed by atoms with Gasteiger partial charge in [-0.15, -0.1) is 0 Å². The van der Waals surface area contributed by atoms with Crippen LogP contribution in [0, 0.1) is 24.0 Å². The van der Waals surface area contributed by atoms with Crippen molar-refractivity contribution in [2.45, 2.75) is 18.7 Å². The number of anilines is 1. The lowest BCUT2D eigenvalue weighted by Crippen LogP contribution is -2.32. The summed E-state index contributed by atoms with van der Waals surface area (Å²) in [5.41, 5.74) is 1.77. The molecule has 0 spiro atoms. The summed E-state index contributed by atoms with van der Waals surface area (Å²) < 4.78 is 28.6. The molecule has 0 atom stereocenters. The number of hydrogen-bond donors (Lipinski definition) is 2. The molecule has 0 saturated carbocycles. The van der Waals surface area contributed by atoms with Crippen molar-refractivity contribution in [1.29, 1.82) is 0 Å². The number of nitro groups is 1. The first-order chi connectivity index (χ1) is 13.6. The number of amides is 1. The maximum Gasteiger partial charge on any atom is 0.293 e. The Bertz CT molecular complexity index is 1020. The molecule has 2 aromatic carbocycles. The smallest absolute Gasteiger partial charge is 0.293 e. The monoisotopic (exact) mass is 421 g/mol. The summed E-state index contributed by atoms with van der Waals surface area (Å²) in [6, 6.07) is 9.35. The van der Waals surface area contributed by atoms with Crippen LogP contribution in [-0.4, -0.2) is 45.2 Å². The number of hydrogen-bond acceptors (Lipinski definition) is 7. The molecular weight excluding hydrogens is 398 g/mol. The Morgan fingerprint density at radius 1 is 1.14 bits per heavy atom. The molecule has 0 unspecified atom stereocenters. The van der Waals surface area contributed by atoms with Crippen LogP contribution in [0.2, 0.25) is 0 Å². The average Bonchev–Trinajstić information content (AvgIpc) is 2.65. The van der Waals surface area contributed by atoms with Crippen molar-refractivity contribution < 1.29 is 22.9 Å². The highest BCUT2D eigenvalue weighted by atomic mass is 32.2. The molecule has 29 heavy (non-hydrogen) atoms. The van der Waals surface area contributed by atoms with Gasteiger partial charge in [0.1, 0.15) is 11.4 Å². The molecule has 0 fully saturated rings. The molecule has 9 nitrogen and oxygen atoms in total. The minimum atomic E-state index is -3.55. The number of nitrogens with zero attached hydrogens (tertiary/aromatic N) is 1. The van der Waals surface area contributed by atoms with Gasteiger partial charge in [-0.25, -0.2) is 8.42 Å². The van der Waals surface area contributed by atoms with Gasteiger partial charge in [0.15, 0.2) is 16.4 Å². The number of aryl methyl sites for hydroxylation is 2. The SMILES string of the molecule is Cc1ccc(C)c(OCC(=O)NCCNc2ccc(S(C)(=O)=O)cc2[N+](=O)[O-])c1. The fourth-order valence-electron chi connectivity index (χ4n) is 2.50. The Balaban J connectivity index is 1.86. The van der Waals surface area contributed by atoms with E-state index in [1.165, 1.54) is 12.1 Å². The molecule has 156 valence electrons. The average molecular weight is 421 g/mol. The molecule has 0 saturated heterocycles. The van der Waals surface area contributed by atoms with Crippen LogP contribution < -0.4 is 15.4 Å². The van der Waals surface area contributed by atoms with Crippen molar-refractivity contribution in [3.63, 3.8) is 0 Å². The van der Waals surface area contributed by atoms with E-state index in [2.05, 4.69) is 10.6 Å². The first-order valence-corrected chi connectivity index (χ1v) is 10.7. The van der Waals surface area contributed by atoms with Crippen molar-refractivity contribution in [2.24, 2.45) is 0 Å². The number of carbonyl (C=O) groups is 1. The van der Waals surface area contributed by atoms with Crippen LogP contribution in [0.15, 0.2) is 41.3 Å². The van der Waals surface area contributed by atoms with Crippen molar-refractivity contribution in [1.82, 2.24) is 5.32 Å². The predicted molar refractivity (Wildman–Crippen MR) is 109 cm³/mol. The summed E-state index contributed by atoms with van der Waals surface area (Å²) >= 11 is 0. The van der Waals surface area contributed by atoms with Gasteiger partial charge < -0.3 is 15.4 Å². The van der Waals surface area contributed by atoms with Crippen LogP contribution in [0.5, 0.6) is 5.75 Å². The van der Waals surface area contributed by atoms with E-state index in [-0.39, 0.29) is 41.9 Å². The summed E-state index contributed by atoms with van der Waals surface area (Å²) in [5, 5.41) is 16.7. The minimum absolute atomic E-state index is 0.133. The number of carbonyl (C=O) groups excluding carboxylic acids is 1. The van der Waals surface area contributed by atoms with Gasteiger partial charge in [0.2, 0.25) is 0 Å². The normalized spacial score (nSPS) is 11.0. The quantitative estimate of drug-likeness (QED) is 0.361. The van der Waals surface area contributed by atoms with Crippen LogP contribution in [0.4, 0.5) is 11.4 Å². The molecule has 0 aliphatic heterocycles. The summed E-state index contributed by atoms with van der Waals surface area (Å²) in [6.07, 6.45) is 0.981. The van der Waals surface area contributed by atoms with Gasteiger partial charge in [-0.3, -0.25) is 14.9 Å². The van der Waals surface area contributed by atoms with Gasteiger partial charge >= 0.3 is 0 Å². The largest absolute Gasteiger partial charge is 0.483 e. The third kappa shape index (κ3) is 6.46. The highest BCUT2D eigenvalue weighted by Crippen LogP contribution is 2.27. The first kappa shape index (κ1) is 22.2. The molecule has 2 N–H and O–H groups in total. The topological polar surface area (TPSA) is 128 Å². The minimum Gasteiger partial charge on any atom is -0.483 e. The molecule has 0 bridgehead atoms. The second kappa shape index (κ2) is 9.37. The Kier molecular flexibility index (Phi) is 7.16. The van der Waals surface area contributed by atoms with E-state index in [0.717, 1.165) is 23.4 Å². The van der Waals surface area contributed by atoms with E-state index in [1.807, 2.05) is 32.0 Å². The molecular formula is C19H23N3O6S. The standard InChI is InChI=1S/C19H23N3O6S/c1-13-4-5-14(2)18(10-13)28-12-19(23)21-9-8-20-16-7-6-15(29(3,26)27)11-17(16)22(24)25/h4-7,10-11,20H,8-9,12H2,1-3H3,(H,21,23). The molecule has 1 amide bonds. The van der Waals surface area contributed by atoms with Gasteiger partial charge in [0.25, 0.3) is 11.6 Å². The lowest BCUT2D eigenvalue weighted by atomic mass is 10.1. The molecule has 2 rings (SSSR count). The number of rotatable bonds is 9. The lowest BCUT2D eigenvalue weighted by molar-refractivity contribution is -0.384. The molecule has 0 aliphatic rings. The fraction of sp³-hybridized carbons (Fsp3) is 0.316. The first-order valence-electron chi connectivity index (χ1n) is 8.77. The number of nitro benzene ring substituents is 1. The fourth-order valence-corrected chi connectivity index (χ4v) is 3.14. The summed E-state index contributed by atoms with van der Waals surface area (Å²) in [7, 11) is -3.55. The van der Waals surface area contributed by atoms with E-state index in [4.69, 9.17) is 4.74 Å². The number of sulfone groups is 1. The van der Waals surface area contributed by atoms with Gasteiger partial charge in [0.05, 0.1) is 9.82 Å². The van der Waals surface area contributed by atoms with Gasteiger partial charge in [-0.05, 0) is 43.2 Å². The van der Waals surface area contributed by atoms with Gasteiger partial charge in [-0.1, -0.05) is 12.1 Å². The Morgan fingerprint density at radius 3 is 2.52 bits per heavy atom. The van der Waals surface area contributed by atoms with Crippen LogP contribution in [-0.2, 0) is 14.6 Å². The van der Waals surface area contributed by atoms with Crippen molar-refractivity contribution in [3.05, 3.63) is 57.6 Å². The molecule has 10 heteroatoms. The molecule has 0 radical (unpaired) electrons. The third-order valence-corrected chi connectivity index (χ3v) is 5.17. The zero-order chi connectivity index (χ0) is 21.6. The van der Waals surface area contributed by atoms with Crippen LogP contribution in [0.3, 0.4) is 0 Å². The van der Waals surface area contributed by atoms with Gasteiger partial charge in [-0.2, -0.15) is 0 Å².